The van der Waals surface area contributed by atoms with Gasteiger partial charge in [0.1, 0.15) is 0 Å². The van der Waals surface area contributed by atoms with Crippen LogP contribution < -0.4 is 10.1 Å². The van der Waals surface area contributed by atoms with Gasteiger partial charge in [0.05, 0.1) is 29.1 Å². The van der Waals surface area contributed by atoms with Crippen molar-refractivity contribution in [1.29, 1.82) is 0 Å². The van der Waals surface area contributed by atoms with Crippen molar-refractivity contribution in [2.75, 3.05) is 7.11 Å². The normalized spacial score (nSPS) is 12.9. The topological polar surface area (TPSA) is 52.0 Å². The minimum atomic E-state index is 0.260. The SMILES string of the molecule is COc1c(CN[C@@H](C)c2sc(C)nc2C)c(C(C)C)nn1C. The third-order valence-corrected chi connectivity index (χ3v) is 5.03. The predicted octanol–water partition coefficient (Wildman–Crippen LogP) is 3.48. The van der Waals surface area contributed by atoms with E-state index in [9.17, 15) is 0 Å². The van der Waals surface area contributed by atoms with Crippen molar-refractivity contribution in [3.05, 3.63) is 26.8 Å². The average molecular weight is 322 g/mol. The van der Waals surface area contributed by atoms with Gasteiger partial charge in [0, 0.05) is 24.5 Å². The molecule has 2 aromatic rings. The van der Waals surface area contributed by atoms with Crippen LogP contribution in [0.4, 0.5) is 0 Å². The van der Waals surface area contributed by atoms with Crippen LogP contribution in [0.3, 0.4) is 0 Å². The number of aryl methyl sites for hydroxylation is 3. The molecule has 0 fully saturated rings. The lowest BCUT2D eigenvalue weighted by molar-refractivity contribution is 0.367. The zero-order valence-corrected chi connectivity index (χ0v) is 15.3. The second-order valence-electron chi connectivity index (χ2n) is 5.94. The van der Waals surface area contributed by atoms with Gasteiger partial charge in [-0.3, -0.25) is 0 Å². The van der Waals surface area contributed by atoms with Gasteiger partial charge in [0.25, 0.3) is 0 Å². The van der Waals surface area contributed by atoms with E-state index in [0.29, 0.717) is 5.92 Å². The maximum absolute atomic E-state index is 5.52. The number of nitrogens with zero attached hydrogens (tertiary/aromatic N) is 3. The summed E-state index contributed by atoms with van der Waals surface area (Å²) in [4.78, 5) is 5.81. The molecule has 0 unspecified atom stereocenters. The Kier molecular flexibility index (Phi) is 5.24. The van der Waals surface area contributed by atoms with E-state index in [4.69, 9.17) is 4.74 Å². The Morgan fingerprint density at radius 2 is 1.95 bits per heavy atom. The lowest BCUT2D eigenvalue weighted by atomic mass is 10.1. The Bertz CT molecular complexity index is 645. The molecule has 0 saturated heterocycles. The third kappa shape index (κ3) is 3.33. The van der Waals surface area contributed by atoms with Crippen LogP contribution in [0.2, 0.25) is 0 Å². The lowest BCUT2D eigenvalue weighted by Crippen LogP contribution is -2.19. The Morgan fingerprint density at radius 1 is 1.27 bits per heavy atom. The molecule has 0 aliphatic rings. The van der Waals surface area contributed by atoms with Crippen LogP contribution in [-0.4, -0.2) is 21.9 Å². The summed E-state index contributed by atoms with van der Waals surface area (Å²) in [5.41, 5.74) is 3.35. The molecule has 0 aromatic carbocycles. The van der Waals surface area contributed by atoms with Crippen LogP contribution in [-0.2, 0) is 13.6 Å². The molecule has 6 heteroatoms. The van der Waals surface area contributed by atoms with Crippen molar-refractivity contribution < 1.29 is 4.74 Å². The predicted molar refractivity (Wildman–Crippen MR) is 90.7 cm³/mol. The number of methoxy groups -OCH3 is 1. The van der Waals surface area contributed by atoms with E-state index in [-0.39, 0.29) is 6.04 Å². The summed E-state index contributed by atoms with van der Waals surface area (Å²) in [5, 5.41) is 9.30. The zero-order chi connectivity index (χ0) is 16.4. The van der Waals surface area contributed by atoms with Gasteiger partial charge in [-0.25, -0.2) is 9.67 Å². The molecule has 22 heavy (non-hydrogen) atoms. The van der Waals surface area contributed by atoms with Gasteiger partial charge in [0.15, 0.2) is 0 Å². The zero-order valence-electron chi connectivity index (χ0n) is 14.5. The summed E-state index contributed by atoms with van der Waals surface area (Å²) >= 11 is 1.76. The van der Waals surface area contributed by atoms with Gasteiger partial charge in [-0.1, -0.05) is 13.8 Å². The summed E-state index contributed by atoms with van der Waals surface area (Å²) in [7, 11) is 3.62. The van der Waals surface area contributed by atoms with E-state index in [1.165, 1.54) is 4.88 Å². The van der Waals surface area contributed by atoms with Gasteiger partial charge in [0.2, 0.25) is 5.88 Å². The van der Waals surface area contributed by atoms with Crippen molar-refractivity contribution in [2.45, 2.75) is 53.1 Å². The van der Waals surface area contributed by atoms with E-state index in [1.807, 2.05) is 11.7 Å². The molecular formula is C16H26N4OS. The standard InChI is InChI=1S/C16H26N4OS/c1-9(2)14-13(16(21-7)20(6)19-14)8-17-10(3)15-11(4)18-12(5)22-15/h9-10,17H,8H2,1-7H3/t10-/m0/s1. The maximum Gasteiger partial charge on any atom is 0.216 e. The number of hydrogen-bond donors (Lipinski definition) is 1. The van der Waals surface area contributed by atoms with E-state index in [2.05, 4.69) is 50.0 Å². The minimum Gasteiger partial charge on any atom is -0.481 e. The van der Waals surface area contributed by atoms with Gasteiger partial charge in [-0.05, 0) is 26.7 Å². The molecule has 1 N–H and O–H groups in total. The quantitative estimate of drug-likeness (QED) is 0.884. The van der Waals surface area contributed by atoms with Gasteiger partial charge in [-0.2, -0.15) is 5.10 Å². The molecule has 0 amide bonds. The first kappa shape index (κ1) is 17.0. The lowest BCUT2D eigenvalue weighted by Gasteiger charge is -2.14. The molecule has 1 atom stereocenters. The Morgan fingerprint density at radius 3 is 2.45 bits per heavy atom. The number of thiazole rings is 1. The molecule has 0 aliphatic carbocycles. The number of aromatic nitrogens is 3. The van der Waals surface area contributed by atoms with Crippen LogP contribution in [0, 0.1) is 13.8 Å². The first-order chi connectivity index (χ1) is 10.3. The Balaban J connectivity index is 2.19. The molecule has 0 aliphatic heterocycles. The van der Waals surface area contributed by atoms with E-state index < -0.39 is 0 Å². The summed E-state index contributed by atoms with van der Waals surface area (Å²) in [6.07, 6.45) is 0. The van der Waals surface area contributed by atoms with E-state index in [0.717, 1.165) is 34.4 Å². The molecule has 122 valence electrons. The highest BCUT2D eigenvalue weighted by atomic mass is 32.1. The molecule has 2 rings (SSSR count). The second-order valence-corrected chi connectivity index (χ2v) is 7.17. The average Bonchev–Trinajstić information content (AvgIpc) is 2.95. The molecule has 0 spiro atoms. The number of nitrogens with one attached hydrogen (secondary N) is 1. The summed E-state index contributed by atoms with van der Waals surface area (Å²) in [6.45, 7) is 11.4. The minimum absolute atomic E-state index is 0.260. The molecule has 0 bridgehead atoms. The van der Waals surface area contributed by atoms with Crippen molar-refractivity contribution in [2.24, 2.45) is 7.05 Å². The fraction of sp³-hybridized carbons (Fsp3) is 0.625. The number of rotatable bonds is 6. The van der Waals surface area contributed by atoms with E-state index in [1.54, 1.807) is 18.4 Å². The van der Waals surface area contributed by atoms with Gasteiger partial charge < -0.3 is 10.1 Å². The molecule has 2 aromatic heterocycles. The van der Waals surface area contributed by atoms with Crippen LogP contribution in [0.5, 0.6) is 5.88 Å². The highest BCUT2D eigenvalue weighted by Crippen LogP contribution is 2.29. The van der Waals surface area contributed by atoms with Gasteiger partial charge in [-0.15, -0.1) is 11.3 Å². The molecule has 2 heterocycles. The number of ether oxygens (including phenoxy) is 1. The first-order valence-electron chi connectivity index (χ1n) is 7.62. The highest BCUT2D eigenvalue weighted by molar-refractivity contribution is 7.11. The summed E-state index contributed by atoms with van der Waals surface area (Å²) in [5.74, 6) is 1.20. The monoisotopic (exact) mass is 322 g/mol. The summed E-state index contributed by atoms with van der Waals surface area (Å²) < 4.78 is 7.34. The van der Waals surface area contributed by atoms with E-state index >= 15 is 0 Å². The number of hydrogen-bond acceptors (Lipinski definition) is 5. The highest BCUT2D eigenvalue weighted by Gasteiger charge is 2.20. The van der Waals surface area contributed by atoms with Crippen molar-refractivity contribution >= 4 is 11.3 Å². The van der Waals surface area contributed by atoms with Crippen molar-refractivity contribution in [3.8, 4) is 5.88 Å². The van der Waals surface area contributed by atoms with Crippen molar-refractivity contribution in [3.63, 3.8) is 0 Å². The third-order valence-electron chi connectivity index (χ3n) is 3.78. The molecule has 0 saturated carbocycles. The Hall–Kier alpha value is -1.40. The second kappa shape index (κ2) is 6.79. The van der Waals surface area contributed by atoms with Gasteiger partial charge >= 0.3 is 0 Å². The fourth-order valence-electron chi connectivity index (χ4n) is 2.75. The maximum atomic E-state index is 5.52. The molecule has 5 nitrogen and oxygen atoms in total. The molecular weight excluding hydrogens is 296 g/mol. The van der Waals surface area contributed by atoms with Crippen LogP contribution >= 0.6 is 11.3 Å². The van der Waals surface area contributed by atoms with Crippen LogP contribution in [0.1, 0.15) is 59.6 Å². The summed E-state index contributed by atoms with van der Waals surface area (Å²) in [6, 6.07) is 0.260. The first-order valence-corrected chi connectivity index (χ1v) is 8.43. The smallest absolute Gasteiger partial charge is 0.216 e. The largest absolute Gasteiger partial charge is 0.481 e. The fourth-order valence-corrected chi connectivity index (χ4v) is 3.71. The van der Waals surface area contributed by atoms with Crippen LogP contribution in [0.15, 0.2) is 0 Å². The Labute approximate surface area is 136 Å². The molecule has 0 radical (unpaired) electrons. The van der Waals surface area contributed by atoms with Crippen molar-refractivity contribution in [1.82, 2.24) is 20.1 Å². The van der Waals surface area contributed by atoms with Crippen LogP contribution in [0.25, 0.3) is 0 Å².